The molecule has 0 fully saturated rings. The van der Waals surface area contributed by atoms with Gasteiger partial charge in [0, 0.05) is 30.9 Å². The molecule has 1 aromatic rings. The number of halogens is 2. The Balaban J connectivity index is 3.38. The Kier molecular flexibility index (Phi) is 8.90. The molecule has 0 saturated heterocycles. The number of Topliss-reactive ketones (excluding diaryl/α,β-unsaturated/α-hetero) is 1. The summed E-state index contributed by atoms with van der Waals surface area (Å²) in [6.45, 7) is 3.30. The Labute approximate surface area is 167 Å². The van der Waals surface area contributed by atoms with E-state index >= 15 is 0 Å². The molecule has 1 N–H and O–H groups in total. The van der Waals surface area contributed by atoms with Crippen molar-refractivity contribution >= 4 is 41.2 Å². The van der Waals surface area contributed by atoms with E-state index in [-0.39, 0.29) is 29.5 Å². The number of rotatable bonds is 6. The van der Waals surface area contributed by atoms with E-state index in [9.17, 15) is 14.4 Å². The van der Waals surface area contributed by atoms with Crippen molar-refractivity contribution in [1.82, 2.24) is 15.3 Å². The first kappa shape index (κ1) is 22.6. The topological polar surface area (TPSA) is 88.2 Å². The lowest BCUT2D eigenvalue weighted by Gasteiger charge is -2.25. The fraction of sp³-hybridized carbons (Fsp3) is 0.353. The molecular weight excluding hydrogens is 397 g/mol. The van der Waals surface area contributed by atoms with Gasteiger partial charge in [-0.25, -0.2) is 15.0 Å². The first-order valence-electron chi connectivity index (χ1n) is 7.99. The van der Waals surface area contributed by atoms with Gasteiger partial charge in [-0.1, -0.05) is 23.2 Å². The lowest BCUT2D eigenvalue weighted by molar-refractivity contribution is 0.0781. The first-order chi connectivity index (χ1) is 12.7. The second-order valence-corrected chi connectivity index (χ2v) is 6.14. The highest BCUT2D eigenvalue weighted by Crippen LogP contribution is 2.24. The molecule has 0 heterocycles. The van der Waals surface area contributed by atoms with Crippen molar-refractivity contribution in [2.24, 2.45) is 0 Å². The molecule has 0 aliphatic heterocycles. The van der Waals surface area contributed by atoms with Gasteiger partial charge in [0.15, 0.2) is 0 Å². The second kappa shape index (κ2) is 10.6. The first-order valence-corrected chi connectivity index (χ1v) is 8.75. The normalized spacial score (nSPS) is 10.8. The van der Waals surface area contributed by atoms with Crippen LogP contribution in [-0.2, 0) is 9.47 Å². The number of benzene rings is 1. The number of ketones is 1. The Morgan fingerprint density at radius 1 is 1.11 bits per heavy atom. The van der Waals surface area contributed by atoms with Crippen molar-refractivity contribution in [1.29, 1.82) is 0 Å². The Morgan fingerprint density at radius 3 is 2.26 bits per heavy atom. The van der Waals surface area contributed by atoms with Crippen LogP contribution in [0, 0.1) is 0 Å². The average molecular weight is 418 g/mol. The molecule has 2 amide bonds. The fourth-order valence-corrected chi connectivity index (χ4v) is 2.42. The van der Waals surface area contributed by atoms with Crippen molar-refractivity contribution in [3.8, 4) is 0 Å². The van der Waals surface area contributed by atoms with Crippen molar-refractivity contribution in [3.63, 3.8) is 0 Å². The molecule has 0 spiro atoms. The maximum absolute atomic E-state index is 13.0. The van der Waals surface area contributed by atoms with E-state index in [1.54, 1.807) is 27.9 Å². The highest BCUT2D eigenvalue weighted by Gasteiger charge is 2.29. The molecule has 0 atom stereocenters. The maximum atomic E-state index is 13.0. The van der Waals surface area contributed by atoms with Crippen LogP contribution in [0.2, 0.25) is 10.0 Å². The SMILES string of the molecule is CCOC(=O)NN(C(=O)OCC)/C(=C\N(C)C)C(=O)c1ccc(Cl)cc1Cl. The van der Waals surface area contributed by atoms with Gasteiger partial charge in [-0.3, -0.25) is 4.79 Å². The van der Waals surface area contributed by atoms with E-state index < -0.39 is 18.0 Å². The molecule has 1 aromatic carbocycles. The highest BCUT2D eigenvalue weighted by molar-refractivity contribution is 6.37. The minimum Gasteiger partial charge on any atom is -0.449 e. The highest BCUT2D eigenvalue weighted by atomic mass is 35.5. The van der Waals surface area contributed by atoms with Gasteiger partial charge in [-0.05, 0) is 32.0 Å². The Bertz CT molecular complexity index is 737. The van der Waals surface area contributed by atoms with Gasteiger partial charge in [0.1, 0.15) is 5.70 Å². The van der Waals surface area contributed by atoms with Gasteiger partial charge in [-0.2, -0.15) is 5.01 Å². The van der Waals surface area contributed by atoms with E-state index in [0.29, 0.717) is 10.0 Å². The third-order valence-corrected chi connectivity index (χ3v) is 3.51. The lowest BCUT2D eigenvalue weighted by Crippen LogP contribution is -2.48. The Hall–Kier alpha value is -2.45. The number of allylic oxidation sites excluding steroid dienone is 1. The van der Waals surface area contributed by atoms with E-state index in [4.69, 9.17) is 32.7 Å². The van der Waals surface area contributed by atoms with Crippen LogP contribution in [-0.4, -0.2) is 55.2 Å². The standard InChI is InChI=1S/C17H21Cl2N3O5/c1-5-26-16(24)20-22(17(25)27-6-2)14(10-21(3)4)15(23)12-8-7-11(18)9-13(12)19/h7-10H,5-6H2,1-4H3,(H,20,24)/b14-10-. The lowest BCUT2D eigenvalue weighted by atomic mass is 10.1. The van der Waals surface area contributed by atoms with Crippen LogP contribution in [0.5, 0.6) is 0 Å². The van der Waals surface area contributed by atoms with Crippen molar-refractivity contribution in [2.45, 2.75) is 13.8 Å². The fourth-order valence-electron chi connectivity index (χ4n) is 1.92. The number of ether oxygens (including phenoxy) is 2. The molecule has 1 rings (SSSR count). The van der Waals surface area contributed by atoms with Crippen LogP contribution in [0.15, 0.2) is 30.1 Å². The van der Waals surface area contributed by atoms with E-state index in [1.807, 2.05) is 0 Å². The molecule has 0 aliphatic rings. The minimum atomic E-state index is -0.961. The van der Waals surface area contributed by atoms with Crippen molar-refractivity contribution in [3.05, 3.63) is 45.7 Å². The van der Waals surface area contributed by atoms with Crippen LogP contribution in [0.25, 0.3) is 0 Å². The zero-order valence-corrected chi connectivity index (χ0v) is 16.9. The quantitative estimate of drug-likeness (QED) is 0.431. The zero-order chi connectivity index (χ0) is 20.6. The molecule has 0 bridgehead atoms. The number of carbonyl (C=O) groups is 3. The van der Waals surface area contributed by atoms with Gasteiger partial charge in [-0.15, -0.1) is 0 Å². The molecular formula is C17H21Cl2N3O5. The number of carbonyl (C=O) groups excluding carboxylic acids is 3. The Morgan fingerprint density at radius 2 is 1.74 bits per heavy atom. The summed E-state index contributed by atoms with van der Waals surface area (Å²) in [5.74, 6) is -0.629. The van der Waals surface area contributed by atoms with Crippen molar-refractivity contribution in [2.75, 3.05) is 27.3 Å². The summed E-state index contributed by atoms with van der Waals surface area (Å²) in [6.07, 6.45) is -0.543. The van der Waals surface area contributed by atoms with Crippen molar-refractivity contribution < 1.29 is 23.9 Å². The largest absolute Gasteiger partial charge is 0.449 e. The molecule has 10 heteroatoms. The van der Waals surface area contributed by atoms with E-state index in [2.05, 4.69) is 5.43 Å². The van der Waals surface area contributed by atoms with E-state index in [1.165, 1.54) is 29.3 Å². The molecule has 0 radical (unpaired) electrons. The molecule has 0 aromatic heterocycles. The summed E-state index contributed by atoms with van der Waals surface area (Å²) in [4.78, 5) is 38.8. The van der Waals surface area contributed by atoms with Gasteiger partial charge in [0.25, 0.3) is 0 Å². The number of nitrogens with one attached hydrogen (secondary N) is 1. The van der Waals surface area contributed by atoms with Gasteiger partial charge < -0.3 is 14.4 Å². The molecule has 8 nitrogen and oxygen atoms in total. The summed E-state index contributed by atoms with van der Waals surface area (Å²) >= 11 is 12.0. The second-order valence-electron chi connectivity index (χ2n) is 5.30. The third-order valence-electron chi connectivity index (χ3n) is 2.96. The van der Waals surface area contributed by atoms with Crippen LogP contribution in [0.4, 0.5) is 9.59 Å². The number of nitrogens with zero attached hydrogens (tertiary/aromatic N) is 2. The van der Waals surface area contributed by atoms with Gasteiger partial charge in [0.2, 0.25) is 5.78 Å². The minimum absolute atomic E-state index is 0.0327. The summed E-state index contributed by atoms with van der Waals surface area (Å²) in [5, 5.41) is 1.12. The van der Waals surface area contributed by atoms with Gasteiger partial charge >= 0.3 is 12.2 Å². The third kappa shape index (κ3) is 6.65. The number of amides is 2. The predicted octanol–water partition coefficient (Wildman–Crippen LogP) is 3.70. The van der Waals surface area contributed by atoms with E-state index in [0.717, 1.165) is 0 Å². The summed E-state index contributed by atoms with van der Waals surface area (Å²) < 4.78 is 9.72. The van der Waals surface area contributed by atoms with Crippen LogP contribution >= 0.6 is 23.2 Å². The summed E-state index contributed by atoms with van der Waals surface area (Å²) in [7, 11) is 3.29. The number of hydrogen-bond acceptors (Lipinski definition) is 6. The summed E-state index contributed by atoms with van der Waals surface area (Å²) in [6, 6.07) is 4.31. The average Bonchev–Trinajstić information content (AvgIpc) is 2.57. The maximum Gasteiger partial charge on any atom is 0.433 e. The van der Waals surface area contributed by atoms with Crippen LogP contribution in [0.1, 0.15) is 24.2 Å². The molecule has 0 aliphatic carbocycles. The molecule has 148 valence electrons. The summed E-state index contributed by atoms with van der Waals surface area (Å²) in [5.41, 5.74) is 2.10. The number of hydrogen-bond donors (Lipinski definition) is 1. The molecule has 27 heavy (non-hydrogen) atoms. The monoisotopic (exact) mass is 417 g/mol. The number of hydrazine groups is 1. The van der Waals surface area contributed by atoms with Gasteiger partial charge in [0.05, 0.1) is 18.2 Å². The zero-order valence-electron chi connectivity index (χ0n) is 15.4. The molecule has 0 saturated carbocycles. The van der Waals surface area contributed by atoms with Crippen LogP contribution in [0.3, 0.4) is 0 Å². The smallest absolute Gasteiger partial charge is 0.433 e. The molecule has 0 unspecified atom stereocenters. The van der Waals surface area contributed by atoms with Crippen LogP contribution < -0.4 is 5.43 Å². The predicted molar refractivity (Wildman–Crippen MR) is 102 cm³/mol.